The summed E-state index contributed by atoms with van der Waals surface area (Å²) in [6, 6.07) is 4.61. The van der Waals surface area contributed by atoms with E-state index in [1.54, 1.807) is 12.1 Å². The van der Waals surface area contributed by atoms with Gasteiger partial charge in [-0.05, 0) is 31.0 Å². The number of nitrogens with one attached hydrogen (secondary N) is 1. The minimum absolute atomic E-state index is 0. The molecule has 0 atom stereocenters. The number of halogens is 1. The Morgan fingerprint density at radius 2 is 1.96 bits per heavy atom. The molecule has 1 aromatic carbocycles. The molecule has 3 N–H and O–H groups in total. The van der Waals surface area contributed by atoms with Gasteiger partial charge in [-0.3, -0.25) is 4.79 Å². The van der Waals surface area contributed by atoms with Gasteiger partial charge in [-0.2, -0.15) is 4.31 Å². The molecule has 0 saturated carbocycles. The highest BCUT2D eigenvalue weighted by Crippen LogP contribution is 2.31. The van der Waals surface area contributed by atoms with E-state index in [9.17, 15) is 13.2 Å². The molecule has 136 valence electrons. The van der Waals surface area contributed by atoms with E-state index >= 15 is 0 Å². The van der Waals surface area contributed by atoms with Gasteiger partial charge in [0.05, 0.1) is 7.11 Å². The zero-order valence-electron chi connectivity index (χ0n) is 13.7. The Morgan fingerprint density at radius 3 is 2.54 bits per heavy atom. The zero-order valence-corrected chi connectivity index (χ0v) is 15.3. The first-order valence-electron chi connectivity index (χ1n) is 7.67. The van der Waals surface area contributed by atoms with Crippen LogP contribution in [0.5, 0.6) is 5.75 Å². The largest absolute Gasteiger partial charge is 0.495 e. The van der Waals surface area contributed by atoms with Gasteiger partial charge in [-0.15, -0.1) is 12.4 Å². The minimum atomic E-state index is -3.64. The minimum Gasteiger partial charge on any atom is -0.495 e. The topological polar surface area (TPSA) is 102 Å². The Morgan fingerprint density at radius 1 is 1.29 bits per heavy atom. The number of sulfonamides is 1. The first-order chi connectivity index (χ1) is 11.0. The van der Waals surface area contributed by atoms with Crippen molar-refractivity contribution in [1.29, 1.82) is 0 Å². The van der Waals surface area contributed by atoms with Crippen molar-refractivity contribution < 1.29 is 17.9 Å². The van der Waals surface area contributed by atoms with E-state index in [1.807, 2.05) is 0 Å². The number of rotatable bonds is 6. The second-order valence-corrected chi connectivity index (χ2v) is 7.32. The Kier molecular flexibility index (Phi) is 7.95. The summed E-state index contributed by atoms with van der Waals surface area (Å²) in [6.45, 7) is 1.26. The SMILES string of the molecule is COc1ccc(NC(=O)CCN)cc1S(=O)(=O)N1CCCCC1.Cl. The van der Waals surface area contributed by atoms with Crippen LogP contribution in [0.3, 0.4) is 0 Å². The van der Waals surface area contributed by atoms with Gasteiger partial charge in [-0.1, -0.05) is 6.42 Å². The van der Waals surface area contributed by atoms with Gasteiger partial charge in [0.1, 0.15) is 10.6 Å². The van der Waals surface area contributed by atoms with Gasteiger partial charge in [0.2, 0.25) is 15.9 Å². The molecule has 0 aromatic heterocycles. The maximum absolute atomic E-state index is 12.8. The van der Waals surface area contributed by atoms with Crippen LogP contribution in [0.15, 0.2) is 23.1 Å². The Balaban J connectivity index is 0.00000288. The van der Waals surface area contributed by atoms with Crippen molar-refractivity contribution in [2.75, 3.05) is 32.1 Å². The molecule has 1 fully saturated rings. The molecule has 7 nitrogen and oxygen atoms in total. The number of methoxy groups -OCH3 is 1. The maximum Gasteiger partial charge on any atom is 0.246 e. The normalized spacial score (nSPS) is 15.4. The number of nitrogens with zero attached hydrogens (tertiary/aromatic N) is 1. The Hall–Kier alpha value is -1.35. The first-order valence-corrected chi connectivity index (χ1v) is 9.11. The molecule has 1 aliphatic rings. The van der Waals surface area contributed by atoms with E-state index in [2.05, 4.69) is 5.32 Å². The second-order valence-electron chi connectivity index (χ2n) is 5.42. The Bertz CT molecular complexity index is 661. The van der Waals surface area contributed by atoms with Crippen molar-refractivity contribution in [1.82, 2.24) is 4.31 Å². The fraction of sp³-hybridized carbons (Fsp3) is 0.533. The lowest BCUT2D eigenvalue weighted by Crippen LogP contribution is -2.35. The van der Waals surface area contributed by atoms with Crippen LogP contribution in [-0.4, -0.2) is 45.4 Å². The molecule has 1 saturated heterocycles. The number of hydrogen-bond donors (Lipinski definition) is 2. The molecular formula is C15H24ClN3O4S. The molecule has 24 heavy (non-hydrogen) atoms. The standard InChI is InChI=1S/C15H23N3O4S.ClH/c1-22-13-6-5-12(17-15(19)7-8-16)11-14(13)23(20,21)18-9-3-2-4-10-18;/h5-6,11H,2-4,7-10,16H2,1H3,(H,17,19);1H. The molecular weight excluding hydrogens is 354 g/mol. The summed E-state index contributed by atoms with van der Waals surface area (Å²) < 4.78 is 32.4. The van der Waals surface area contributed by atoms with Crippen LogP contribution in [0.1, 0.15) is 25.7 Å². The van der Waals surface area contributed by atoms with E-state index in [1.165, 1.54) is 17.5 Å². The van der Waals surface area contributed by atoms with Crippen LogP contribution in [-0.2, 0) is 14.8 Å². The highest BCUT2D eigenvalue weighted by atomic mass is 35.5. The third-order valence-electron chi connectivity index (χ3n) is 3.75. The van der Waals surface area contributed by atoms with E-state index < -0.39 is 10.0 Å². The summed E-state index contributed by atoms with van der Waals surface area (Å²) >= 11 is 0. The third-order valence-corrected chi connectivity index (χ3v) is 5.67. The van der Waals surface area contributed by atoms with Crippen LogP contribution in [0.2, 0.25) is 0 Å². The summed E-state index contributed by atoms with van der Waals surface area (Å²) in [5.41, 5.74) is 5.76. The molecule has 1 aromatic rings. The summed E-state index contributed by atoms with van der Waals surface area (Å²) in [6.07, 6.45) is 2.93. The molecule has 0 unspecified atom stereocenters. The first kappa shape index (κ1) is 20.7. The van der Waals surface area contributed by atoms with Crippen LogP contribution < -0.4 is 15.8 Å². The molecule has 0 bridgehead atoms. The van der Waals surface area contributed by atoms with Crippen molar-refractivity contribution in [2.45, 2.75) is 30.6 Å². The van der Waals surface area contributed by atoms with Gasteiger partial charge in [-0.25, -0.2) is 8.42 Å². The number of nitrogens with two attached hydrogens (primary N) is 1. The summed E-state index contributed by atoms with van der Waals surface area (Å²) in [7, 11) is -2.22. The van der Waals surface area contributed by atoms with E-state index in [0.717, 1.165) is 19.3 Å². The van der Waals surface area contributed by atoms with Crippen LogP contribution in [0.25, 0.3) is 0 Å². The molecule has 1 amide bonds. The highest BCUT2D eigenvalue weighted by molar-refractivity contribution is 7.89. The average molecular weight is 378 g/mol. The van der Waals surface area contributed by atoms with Gasteiger partial charge in [0.25, 0.3) is 0 Å². The number of piperidine rings is 1. The second kappa shape index (κ2) is 9.22. The van der Waals surface area contributed by atoms with Crippen LogP contribution >= 0.6 is 12.4 Å². The van der Waals surface area contributed by atoms with Crippen molar-refractivity contribution >= 4 is 34.0 Å². The van der Waals surface area contributed by atoms with Gasteiger partial charge in [0.15, 0.2) is 0 Å². The smallest absolute Gasteiger partial charge is 0.246 e. The fourth-order valence-electron chi connectivity index (χ4n) is 2.55. The molecule has 1 heterocycles. The van der Waals surface area contributed by atoms with Crippen molar-refractivity contribution in [3.63, 3.8) is 0 Å². The third kappa shape index (κ3) is 4.83. The molecule has 0 aliphatic carbocycles. The quantitative estimate of drug-likeness (QED) is 0.783. The fourth-order valence-corrected chi connectivity index (χ4v) is 4.25. The number of hydrogen-bond acceptors (Lipinski definition) is 5. The van der Waals surface area contributed by atoms with Gasteiger partial charge in [0, 0.05) is 31.7 Å². The molecule has 9 heteroatoms. The van der Waals surface area contributed by atoms with E-state index in [0.29, 0.717) is 18.8 Å². The monoisotopic (exact) mass is 377 g/mol. The molecule has 2 rings (SSSR count). The van der Waals surface area contributed by atoms with E-state index in [4.69, 9.17) is 10.5 Å². The molecule has 0 spiro atoms. The number of carbonyl (C=O) groups is 1. The van der Waals surface area contributed by atoms with Crippen molar-refractivity contribution in [3.8, 4) is 5.75 Å². The van der Waals surface area contributed by atoms with Gasteiger partial charge < -0.3 is 15.8 Å². The maximum atomic E-state index is 12.8. The predicted molar refractivity (Wildman–Crippen MR) is 95.2 cm³/mol. The summed E-state index contributed by atoms with van der Waals surface area (Å²) in [5.74, 6) is 0.0198. The molecule has 0 radical (unpaired) electrons. The predicted octanol–water partition coefficient (Wildman–Crippen LogP) is 1.58. The summed E-state index contributed by atoms with van der Waals surface area (Å²) in [4.78, 5) is 11.7. The highest BCUT2D eigenvalue weighted by Gasteiger charge is 2.29. The average Bonchev–Trinajstić information content (AvgIpc) is 2.56. The number of benzene rings is 1. The Labute approximate surface area is 149 Å². The van der Waals surface area contributed by atoms with Crippen LogP contribution in [0, 0.1) is 0 Å². The van der Waals surface area contributed by atoms with Crippen LogP contribution in [0.4, 0.5) is 5.69 Å². The molecule has 1 aliphatic heterocycles. The lowest BCUT2D eigenvalue weighted by Gasteiger charge is -2.26. The zero-order chi connectivity index (χ0) is 16.9. The number of ether oxygens (including phenoxy) is 1. The number of carbonyl (C=O) groups excluding carboxylic acids is 1. The van der Waals surface area contributed by atoms with E-state index in [-0.39, 0.29) is 41.9 Å². The number of anilines is 1. The van der Waals surface area contributed by atoms with Crippen molar-refractivity contribution in [2.24, 2.45) is 5.73 Å². The summed E-state index contributed by atoms with van der Waals surface area (Å²) in [5, 5.41) is 2.65. The van der Waals surface area contributed by atoms with Crippen molar-refractivity contribution in [3.05, 3.63) is 18.2 Å². The lowest BCUT2D eigenvalue weighted by molar-refractivity contribution is -0.116. The number of amides is 1. The van der Waals surface area contributed by atoms with Gasteiger partial charge >= 0.3 is 0 Å². The lowest BCUT2D eigenvalue weighted by atomic mass is 10.2.